The van der Waals surface area contributed by atoms with Crippen LogP contribution in [0.4, 0.5) is 14.9 Å². The molecule has 0 aliphatic carbocycles. The Hall–Kier alpha value is -2.78. The van der Waals surface area contributed by atoms with E-state index in [0.29, 0.717) is 35.9 Å². The van der Waals surface area contributed by atoms with Crippen LogP contribution in [0.2, 0.25) is 5.02 Å². The fourth-order valence-corrected chi connectivity index (χ4v) is 4.02. The number of ketones is 1. The number of aliphatic hydroxyl groups is 2. The molecule has 1 aliphatic rings. The quantitative estimate of drug-likeness (QED) is 0.542. The van der Waals surface area contributed by atoms with Gasteiger partial charge in [0.25, 0.3) is 0 Å². The van der Waals surface area contributed by atoms with E-state index >= 15 is 0 Å². The number of rotatable bonds is 8. The van der Waals surface area contributed by atoms with Crippen molar-refractivity contribution in [3.8, 4) is 0 Å². The third kappa shape index (κ3) is 6.39. The molecule has 9 heteroatoms. The van der Waals surface area contributed by atoms with Crippen molar-refractivity contribution in [3.63, 3.8) is 0 Å². The maximum Gasteiger partial charge on any atom is 0.326 e. The van der Waals surface area contributed by atoms with Gasteiger partial charge in [0.2, 0.25) is 0 Å². The lowest BCUT2D eigenvalue weighted by atomic mass is 9.97. The molecule has 0 aromatic heterocycles. The van der Waals surface area contributed by atoms with Gasteiger partial charge in [-0.05, 0) is 54.0 Å². The second-order valence-corrected chi connectivity index (χ2v) is 8.28. The van der Waals surface area contributed by atoms with Crippen molar-refractivity contribution < 1.29 is 24.2 Å². The zero-order valence-electron chi connectivity index (χ0n) is 18.3. The van der Waals surface area contributed by atoms with Gasteiger partial charge in [-0.2, -0.15) is 0 Å². The molecule has 0 fully saturated rings. The van der Waals surface area contributed by atoms with Gasteiger partial charge in [0, 0.05) is 43.0 Å². The summed E-state index contributed by atoms with van der Waals surface area (Å²) in [5.74, 6) is -0.514. The molecule has 176 valence electrons. The predicted octanol–water partition coefficient (Wildman–Crippen LogP) is 3.64. The van der Waals surface area contributed by atoms with Crippen LogP contribution in [-0.4, -0.2) is 58.1 Å². The predicted molar refractivity (Wildman–Crippen MR) is 124 cm³/mol. The maximum atomic E-state index is 13.4. The molecule has 0 saturated heterocycles. The summed E-state index contributed by atoms with van der Waals surface area (Å²) in [6.45, 7) is 2.84. The van der Waals surface area contributed by atoms with Gasteiger partial charge in [-0.15, -0.1) is 0 Å². The Morgan fingerprint density at radius 3 is 2.52 bits per heavy atom. The van der Waals surface area contributed by atoms with Gasteiger partial charge in [-0.3, -0.25) is 14.6 Å². The van der Waals surface area contributed by atoms with Gasteiger partial charge in [-0.1, -0.05) is 23.7 Å². The summed E-state index contributed by atoms with van der Waals surface area (Å²) in [5.41, 5.74) is 2.69. The number of carbonyl (C=O) groups excluding carboxylic acids is 2. The Kier molecular flexibility index (Phi) is 8.57. The van der Waals surface area contributed by atoms with E-state index in [9.17, 15) is 24.2 Å². The second-order valence-electron chi connectivity index (χ2n) is 7.87. The number of hydrogen-bond acceptors (Lipinski definition) is 5. The van der Waals surface area contributed by atoms with Crippen LogP contribution < -0.4 is 5.32 Å². The first-order valence-electron chi connectivity index (χ1n) is 10.6. The molecule has 1 unspecified atom stereocenters. The van der Waals surface area contributed by atoms with Crippen molar-refractivity contribution in [2.75, 3.05) is 31.6 Å². The average molecular weight is 476 g/mol. The Bertz CT molecular complexity index is 1020. The maximum absolute atomic E-state index is 13.4. The third-order valence-corrected chi connectivity index (χ3v) is 5.85. The zero-order chi connectivity index (χ0) is 24.0. The Morgan fingerprint density at radius 2 is 1.88 bits per heavy atom. The van der Waals surface area contributed by atoms with E-state index in [1.54, 1.807) is 24.3 Å². The molecule has 0 spiro atoms. The van der Waals surface area contributed by atoms with Crippen LogP contribution in [0.25, 0.3) is 0 Å². The third-order valence-electron chi connectivity index (χ3n) is 5.50. The number of aryl methyl sites for hydroxylation is 1. The van der Waals surface area contributed by atoms with Crippen LogP contribution in [0.1, 0.15) is 29.2 Å². The molecule has 7 nitrogen and oxygen atoms in total. The monoisotopic (exact) mass is 475 g/mol. The number of urea groups is 1. The first kappa shape index (κ1) is 24.9. The normalized spacial score (nSPS) is 15.9. The molecule has 3 rings (SSSR count). The van der Waals surface area contributed by atoms with E-state index in [0.717, 1.165) is 11.1 Å². The van der Waals surface area contributed by atoms with Gasteiger partial charge < -0.3 is 15.5 Å². The minimum absolute atomic E-state index is 0.0577. The molecule has 2 amide bonds. The van der Waals surface area contributed by atoms with Crippen LogP contribution in [0.3, 0.4) is 0 Å². The SMILES string of the molecule is Cc1cc(Cl)c(CN(CCO)CCO)cc1NC(=O)N1C=CC(=O)CC1c1ccc(F)cc1. The highest BCUT2D eigenvalue weighted by molar-refractivity contribution is 6.31. The minimum atomic E-state index is -0.556. The molecule has 2 aromatic carbocycles. The molecule has 33 heavy (non-hydrogen) atoms. The molecule has 0 saturated carbocycles. The first-order chi connectivity index (χ1) is 15.8. The van der Waals surface area contributed by atoms with Crippen molar-refractivity contribution in [2.24, 2.45) is 0 Å². The number of hydrogen-bond donors (Lipinski definition) is 3. The lowest BCUT2D eigenvalue weighted by molar-refractivity contribution is -0.116. The number of aliphatic hydroxyl groups excluding tert-OH is 2. The van der Waals surface area contributed by atoms with E-state index in [-0.39, 0.29) is 25.4 Å². The van der Waals surface area contributed by atoms with Crippen LogP contribution >= 0.6 is 11.6 Å². The summed E-state index contributed by atoms with van der Waals surface area (Å²) in [7, 11) is 0. The summed E-state index contributed by atoms with van der Waals surface area (Å²) in [5, 5.41) is 21.9. The Morgan fingerprint density at radius 1 is 1.21 bits per heavy atom. The number of halogens is 2. The van der Waals surface area contributed by atoms with Crippen LogP contribution in [-0.2, 0) is 11.3 Å². The van der Waals surface area contributed by atoms with E-state index in [1.807, 2.05) is 11.8 Å². The lowest BCUT2D eigenvalue weighted by Crippen LogP contribution is -2.37. The smallest absolute Gasteiger partial charge is 0.326 e. The largest absolute Gasteiger partial charge is 0.395 e. The molecule has 3 N–H and O–H groups in total. The minimum Gasteiger partial charge on any atom is -0.395 e. The van der Waals surface area contributed by atoms with Gasteiger partial charge in [-0.25, -0.2) is 9.18 Å². The summed E-state index contributed by atoms with van der Waals surface area (Å²) < 4.78 is 13.4. The molecule has 1 heterocycles. The van der Waals surface area contributed by atoms with Crippen molar-refractivity contribution in [2.45, 2.75) is 25.9 Å². The summed E-state index contributed by atoms with van der Waals surface area (Å²) >= 11 is 6.41. The molecule has 1 atom stereocenters. The van der Waals surface area contributed by atoms with Gasteiger partial charge in [0.1, 0.15) is 5.82 Å². The van der Waals surface area contributed by atoms with Crippen LogP contribution in [0.15, 0.2) is 48.7 Å². The fourth-order valence-electron chi connectivity index (χ4n) is 3.74. The van der Waals surface area contributed by atoms with E-state index < -0.39 is 17.9 Å². The Balaban J connectivity index is 1.83. The molecule has 2 aromatic rings. The number of benzene rings is 2. The lowest BCUT2D eigenvalue weighted by Gasteiger charge is -2.31. The van der Waals surface area contributed by atoms with E-state index in [2.05, 4.69) is 5.32 Å². The Labute approximate surface area is 197 Å². The average Bonchev–Trinajstić information content (AvgIpc) is 2.77. The molecule has 0 bridgehead atoms. The number of anilines is 1. The van der Waals surface area contributed by atoms with Gasteiger partial charge in [0.05, 0.1) is 19.3 Å². The van der Waals surface area contributed by atoms with Crippen molar-refractivity contribution in [1.29, 1.82) is 0 Å². The highest BCUT2D eigenvalue weighted by atomic mass is 35.5. The van der Waals surface area contributed by atoms with E-state index in [1.165, 1.54) is 29.3 Å². The number of amides is 2. The zero-order valence-corrected chi connectivity index (χ0v) is 19.1. The second kappa shape index (κ2) is 11.4. The highest BCUT2D eigenvalue weighted by Gasteiger charge is 2.29. The van der Waals surface area contributed by atoms with E-state index in [4.69, 9.17) is 11.6 Å². The standard InChI is InChI=1S/C24H27ClFN3O4/c1-16-12-21(25)18(15-28(8-10-30)9-11-31)13-22(16)27-24(33)29-7-6-20(32)14-23(29)17-2-4-19(26)5-3-17/h2-7,12-13,23,30-31H,8-11,14-15H2,1H3,(H,27,33). The first-order valence-corrected chi connectivity index (χ1v) is 11.0. The number of carbonyl (C=O) groups is 2. The van der Waals surface area contributed by atoms with Gasteiger partial charge >= 0.3 is 6.03 Å². The molecule has 0 radical (unpaired) electrons. The van der Waals surface area contributed by atoms with Crippen molar-refractivity contribution in [3.05, 3.63) is 76.2 Å². The van der Waals surface area contributed by atoms with Crippen molar-refractivity contribution >= 4 is 29.1 Å². The summed E-state index contributed by atoms with van der Waals surface area (Å²) in [6, 6.07) is 8.25. The molecular formula is C24H27ClFN3O4. The van der Waals surface area contributed by atoms with Crippen LogP contribution in [0.5, 0.6) is 0 Å². The molecule has 1 aliphatic heterocycles. The highest BCUT2D eigenvalue weighted by Crippen LogP contribution is 2.31. The number of nitrogens with one attached hydrogen (secondary N) is 1. The fraction of sp³-hybridized carbons (Fsp3) is 0.333. The van der Waals surface area contributed by atoms with Crippen molar-refractivity contribution in [1.82, 2.24) is 9.80 Å². The summed E-state index contributed by atoms with van der Waals surface area (Å²) in [6.07, 6.45) is 2.88. The molecular weight excluding hydrogens is 449 g/mol. The number of nitrogens with zero attached hydrogens (tertiary/aromatic N) is 2. The summed E-state index contributed by atoms with van der Waals surface area (Å²) in [4.78, 5) is 28.5. The topological polar surface area (TPSA) is 93.1 Å². The van der Waals surface area contributed by atoms with Gasteiger partial charge in [0.15, 0.2) is 5.78 Å². The number of allylic oxidation sites excluding steroid dienone is 1. The van der Waals surface area contributed by atoms with Crippen LogP contribution in [0, 0.1) is 12.7 Å².